The smallest absolute Gasteiger partial charge is 0.246 e. The molecule has 2 atom stereocenters. The van der Waals surface area contributed by atoms with Gasteiger partial charge in [-0.05, 0) is 44.9 Å². The van der Waals surface area contributed by atoms with Gasteiger partial charge in [0.1, 0.15) is 6.04 Å². The topological polar surface area (TPSA) is 40.6 Å². The molecule has 0 aromatic heterocycles. The molecule has 2 heterocycles. The molecule has 0 bridgehead atoms. The minimum atomic E-state index is -0.237. The van der Waals surface area contributed by atoms with E-state index in [2.05, 4.69) is 13.8 Å². The summed E-state index contributed by atoms with van der Waals surface area (Å²) in [6, 6.07) is 0.127. The van der Waals surface area contributed by atoms with Crippen LogP contribution in [0.4, 0.5) is 0 Å². The van der Waals surface area contributed by atoms with Gasteiger partial charge in [-0.1, -0.05) is 6.92 Å². The van der Waals surface area contributed by atoms with Crippen LogP contribution in [-0.4, -0.2) is 51.4 Å². The molecule has 3 aliphatic rings. The first-order valence-corrected chi connectivity index (χ1v) is 9.14. The summed E-state index contributed by atoms with van der Waals surface area (Å²) in [4.78, 5) is 28.7. The van der Waals surface area contributed by atoms with Crippen LogP contribution in [0.1, 0.15) is 52.4 Å². The highest BCUT2D eigenvalue weighted by atomic mass is 32.2. The molecule has 3 fully saturated rings. The van der Waals surface area contributed by atoms with Crippen molar-refractivity contribution in [2.45, 2.75) is 69.3 Å². The highest BCUT2D eigenvalue weighted by molar-refractivity contribution is 8.01. The Balaban J connectivity index is 1.69. The maximum atomic E-state index is 12.9. The van der Waals surface area contributed by atoms with Gasteiger partial charge in [0.05, 0.1) is 4.87 Å². The first kappa shape index (κ1) is 15.2. The Bertz CT molecular complexity index is 448. The molecule has 5 heteroatoms. The summed E-state index contributed by atoms with van der Waals surface area (Å²) in [6.45, 7) is 4.40. The van der Waals surface area contributed by atoms with Crippen molar-refractivity contribution in [1.29, 1.82) is 0 Å². The molecular weight excluding hydrogens is 284 g/mol. The fourth-order valence-electron chi connectivity index (χ4n) is 4.05. The van der Waals surface area contributed by atoms with Gasteiger partial charge in [-0.3, -0.25) is 9.59 Å². The Morgan fingerprint density at radius 2 is 2.00 bits per heavy atom. The van der Waals surface area contributed by atoms with Crippen LogP contribution in [0.5, 0.6) is 0 Å². The van der Waals surface area contributed by atoms with E-state index in [0.29, 0.717) is 12.5 Å². The third kappa shape index (κ3) is 2.58. The quantitative estimate of drug-likeness (QED) is 0.787. The van der Waals surface area contributed by atoms with E-state index in [1.54, 1.807) is 11.8 Å². The molecule has 0 N–H and O–H groups in total. The summed E-state index contributed by atoms with van der Waals surface area (Å²) < 4.78 is 0. The van der Waals surface area contributed by atoms with Crippen molar-refractivity contribution in [3.05, 3.63) is 0 Å². The van der Waals surface area contributed by atoms with E-state index in [1.165, 1.54) is 12.8 Å². The number of fused-ring (bicyclic) bond motifs is 1. The second-order valence-electron chi connectivity index (χ2n) is 7.13. The van der Waals surface area contributed by atoms with Crippen molar-refractivity contribution in [3.8, 4) is 0 Å². The van der Waals surface area contributed by atoms with Crippen molar-refractivity contribution in [2.24, 2.45) is 5.92 Å². The van der Waals surface area contributed by atoms with E-state index >= 15 is 0 Å². The Hall–Kier alpha value is -0.710. The molecule has 1 saturated carbocycles. The minimum Gasteiger partial charge on any atom is -0.341 e. The fraction of sp³-hybridized carbons (Fsp3) is 0.875. The number of likely N-dealkylation sites (N-methyl/N-ethyl adjacent to an activating group) is 1. The molecule has 3 rings (SSSR count). The van der Waals surface area contributed by atoms with Crippen LogP contribution in [-0.2, 0) is 9.59 Å². The molecular formula is C16H26N2O2S. The fourth-order valence-corrected chi connectivity index (χ4v) is 5.47. The second-order valence-corrected chi connectivity index (χ2v) is 8.63. The maximum absolute atomic E-state index is 12.9. The molecule has 2 unspecified atom stereocenters. The van der Waals surface area contributed by atoms with Gasteiger partial charge >= 0.3 is 0 Å². The lowest BCUT2D eigenvalue weighted by Gasteiger charge is -2.37. The van der Waals surface area contributed by atoms with Gasteiger partial charge in [0.2, 0.25) is 11.8 Å². The first-order chi connectivity index (χ1) is 9.92. The largest absolute Gasteiger partial charge is 0.341 e. The van der Waals surface area contributed by atoms with Crippen LogP contribution in [0, 0.1) is 5.92 Å². The number of hydrogen-bond donors (Lipinski definition) is 0. The molecule has 118 valence electrons. The molecule has 0 radical (unpaired) electrons. The van der Waals surface area contributed by atoms with Gasteiger partial charge in [-0.2, -0.15) is 0 Å². The molecule has 0 aromatic carbocycles. The summed E-state index contributed by atoms with van der Waals surface area (Å²) in [7, 11) is 1.93. The highest BCUT2D eigenvalue weighted by Crippen LogP contribution is 2.47. The van der Waals surface area contributed by atoms with Gasteiger partial charge in [0.15, 0.2) is 0 Å². The summed E-state index contributed by atoms with van der Waals surface area (Å²) in [5.41, 5.74) is 0. The van der Waals surface area contributed by atoms with Crippen molar-refractivity contribution < 1.29 is 9.59 Å². The van der Waals surface area contributed by atoms with Crippen molar-refractivity contribution in [3.63, 3.8) is 0 Å². The van der Waals surface area contributed by atoms with Gasteiger partial charge in [0.25, 0.3) is 0 Å². The molecule has 0 aromatic rings. The molecule has 2 amide bonds. The Morgan fingerprint density at radius 1 is 1.33 bits per heavy atom. The number of carbonyl (C=O) groups is 2. The molecule has 21 heavy (non-hydrogen) atoms. The standard InChI is InChI=1S/C16H26N2O2S/c1-11-4-6-12(7-5-11)17(3)15(20)13-10-21-16(2)9-8-14(19)18(13)16/h11-13H,4-10H2,1-3H3. The van der Waals surface area contributed by atoms with E-state index < -0.39 is 0 Å². The predicted molar refractivity (Wildman–Crippen MR) is 84.9 cm³/mol. The minimum absolute atomic E-state index is 0.140. The molecule has 4 nitrogen and oxygen atoms in total. The molecule has 1 aliphatic carbocycles. The molecule has 2 saturated heterocycles. The van der Waals surface area contributed by atoms with E-state index in [0.717, 1.165) is 30.9 Å². The average Bonchev–Trinajstić information content (AvgIpc) is 2.95. The zero-order valence-corrected chi connectivity index (χ0v) is 14.1. The average molecular weight is 310 g/mol. The van der Waals surface area contributed by atoms with Crippen LogP contribution in [0.2, 0.25) is 0 Å². The summed E-state index contributed by atoms with van der Waals surface area (Å²) in [6.07, 6.45) is 6.11. The molecule has 2 aliphatic heterocycles. The van der Waals surface area contributed by atoms with E-state index in [1.807, 2.05) is 16.8 Å². The normalized spacial score (nSPS) is 39.5. The zero-order chi connectivity index (χ0) is 15.2. The van der Waals surface area contributed by atoms with Gasteiger partial charge in [0, 0.05) is 25.3 Å². The predicted octanol–water partition coefficient (Wildman–Crippen LogP) is 2.48. The van der Waals surface area contributed by atoms with Crippen molar-refractivity contribution in [2.75, 3.05) is 12.8 Å². The lowest BCUT2D eigenvalue weighted by molar-refractivity contribution is -0.144. The Labute approximate surface area is 131 Å². The third-order valence-electron chi connectivity index (χ3n) is 5.61. The van der Waals surface area contributed by atoms with Crippen LogP contribution in [0.3, 0.4) is 0 Å². The summed E-state index contributed by atoms with van der Waals surface area (Å²) >= 11 is 1.78. The summed E-state index contributed by atoms with van der Waals surface area (Å²) in [5.74, 6) is 1.86. The lowest BCUT2D eigenvalue weighted by Crippen LogP contribution is -2.53. The van der Waals surface area contributed by atoms with Crippen LogP contribution >= 0.6 is 11.8 Å². The van der Waals surface area contributed by atoms with Crippen molar-refractivity contribution >= 4 is 23.6 Å². The number of amides is 2. The SMILES string of the molecule is CC1CCC(N(C)C(=O)C2CSC3(C)CCC(=O)N23)CC1. The second kappa shape index (κ2) is 5.49. The van der Waals surface area contributed by atoms with Gasteiger partial charge in [-0.15, -0.1) is 11.8 Å². The van der Waals surface area contributed by atoms with Crippen LogP contribution < -0.4 is 0 Å². The van der Waals surface area contributed by atoms with Crippen LogP contribution in [0.15, 0.2) is 0 Å². The van der Waals surface area contributed by atoms with Gasteiger partial charge in [-0.25, -0.2) is 0 Å². The number of rotatable bonds is 2. The first-order valence-electron chi connectivity index (χ1n) is 8.15. The van der Waals surface area contributed by atoms with Crippen molar-refractivity contribution in [1.82, 2.24) is 9.80 Å². The van der Waals surface area contributed by atoms with E-state index in [9.17, 15) is 9.59 Å². The number of nitrogens with zero attached hydrogens (tertiary/aromatic N) is 2. The van der Waals surface area contributed by atoms with E-state index in [4.69, 9.17) is 0 Å². The number of carbonyl (C=O) groups excluding carboxylic acids is 2. The van der Waals surface area contributed by atoms with E-state index in [-0.39, 0.29) is 22.7 Å². The Kier molecular flexibility index (Phi) is 3.97. The van der Waals surface area contributed by atoms with Gasteiger partial charge < -0.3 is 9.80 Å². The lowest BCUT2D eigenvalue weighted by atomic mass is 9.86. The number of hydrogen-bond acceptors (Lipinski definition) is 3. The third-order valence-corrected chi connectivity index (χ3v) is 7.12. The molecule has 0 spiro atoms. The number of thioether (sulfide) groups is 1. The zero-order valence-electron chi connectivity index (χ0n) is 13.3. The maximum Gasteiger partial charge on any atom is 0.246 e. The summed E-state index contributed by atoms with van der Waals surface area (Å²) in [5, 5.41) is 0. The Morgan fingerprint density at radius 3 is 2.67 bits per heavy atom. The highest BCUT2D eigenvalue weighted by Gasteiger charge is 2.53. The van der Waals surface area contributed by atoms with Crippen LogP contribution in [0.25, 0.3) is 0 Å². The monoisotopic (exact) mass is 310 g/mol.